The van der Waals surface area contributed by atoms with E-state index in [0.29, 0.717) is 5.41 Å². The topological polar surface area (TPSA) is 12.0 Å². The van der Waals surface area contributed by atoms with Gasteiger partial charge in [-0.05, 0) is 25.3 Å². The normalized spacial score (nSPS) is 24.6. The predicted octanol–water partition coefficient (Wildman–Crippen LogP) is 2.18. The Morgan fingerprint density at radius 1 is 1.20 bits per heavy atom. The lowest BCUT2D eigenvalue weighted by Gasteiger charge is -2.33. The van der Waals surface area contributed by atoms with Crippen LogP contribution in [0.4, 0.5) is 0 Å². The van der Waals surface area contributed by atoms with Crippen LogP contribution in [0.1, 0.15) is 39.0 Å². The van der Waals surface area contributed by atoms with Crippen LogP contribution < -0.4 is 5.32 Å². The number of hydrogen-bond acceptors (Lipinski definition) is 1. The van der Waals surface area contributed by atoms with Crippen LogP contribution in [0, 0.1) is 5.41 Å². The Morgan fingerprint density at radius 2 is 1.80 bits per heavy atom. The fraction of sp³-hybridized carbons (Fsp3) is 1.00. The average Bonchev–Trinajstić information content (AvgIpc) is 1.89. The number of nitrogens with one attached hydrogen (secondary N) is 1. The van der Waals surface area contributed by atoms with Crippen molar-refractivity contribution in [1.29, 1.82) is 0 Å². The molecule has 10 heavy (non-hydrogen) atoms. The van der Waals surface area contributed by atoms with Crippen molar-refractivity contribution in [2.75, 3.05) is 13.6 Å². The highest BCUT2D eigenvalue weighted by Crippen LogP contribution is 2.34. The summed E-state index contributed by atoms with van der Waals surface area (Å²) >= 11 is 0. The van der Waals surface area contributed by atoms with Crippen LogP contribution in [0.15, 0.2) is 0 Å². The Hall–Kier alpha value is -0.0400. The molecule has 0 spiro atoms. The third-order valence-electron chi connectivity index (χ3n) is 2.66. The summed E-state index contributed by atoms with van der Waals surface area (Å²) in [7, 11) is 2.06. The number of rotatable bonds is 2. The molecule has 1 fully saturated rings. The van der Waals surface area contributed by atoms with Crippen LogP contribution in [0.3, 0.4) is 0 Å². The third kappa shape index (κ3) is 1.98. The van der Waals surface area contributed by atoms with E-state index >= 15 is 0 Å². The quantitative estimate of drug-likeness (QED) is 0.621. The standard InChI is InChI=1S/C9H19N/c1-9(8-10-2)6-4-3-5-7-9/h10H,3-8H2,1-2H3. The zero-order valence-corrected chi connectivity index (χ0v) is 7.24. The minimum Gasteiger partial charge on any atom is -0.319 e. The van der Waals surface area contributed by atoms with E-state index in [1.165, 1.54) is 38.6 Å². The van der Waals surface area contributed by atoms with E-state index in [0.717, 1.165) is 0 Å². The van der Waals surface area contributed by atoms with Gasteiger partial charge < -0.3 is 5.32 Å². The first-order chi connectivity index (χ1) is 4.77. The second-order valence-corrected chi connectivity index (χ2v) is 3.90. The monoisotopic (exact) mass is 141 g/mol. The van der Waals surface area contributed by atoms with E-state index in [4.69, 9.17) is 0 Å². The van der Waals surface area contributed by atoms with Gasteiger partial charge in [0.05, 0.1) is 0 Å². The smallest absolute Gasteiger partial charge is 0.000216 e. The van der Waals surface area contributed by atoms with Crippen molar-refractivity contribution in [3.8, 4) is 0 Å². The molecular weight excluding hydrogens is 122 g/mol. The summed E-state index contributed by atoms with van der Waals surface area (Å²) in [6.45, 7) is 3.61. The van der Waals surface area contributed by atoms with Crippen LogP contribution in [0.2, 0.25) is 0 Å². The van der Waals surface area contributed by atoms with Crippen LogP contribution in [-0.2, 0) is 0 Å². The molecule has 0 radical (unpaired) electrons. The fourth-order valence-electron chi connectivity index (χ4n) is 2.01. The number of hydrogen-bond donors (Lipinski definition) is 1. The first-order valence-electron chi connectivity index (χ1n) is 4.41. The minimum atomic E-state index is 0.618. The van der Waals surface area contributed by atoms with Gasteiger partial charge in [-0.2, -0.15) is 0 Å². The molecule has 1 aliphatic carbocycles. The molecule has 1 N–H and O–H groups in total. The van der Waals surface area contributed by atoms with E-state index in [1.54, 1.807) is 0 Å². The average molecular weight is 141 g/mol. The van der Waals surface area contributed by atoms with Crippen molar-refractivity contribution in [2.24, 2.45) is 5.41 Å². The molecule has 60 valence electrons. The Kier molecular flexibility index (Phi) is 2.72. The second kappa shape index (κ2) is 3.38. The third-order valence-corrected chi connectivity index (χ3v) is 2.66. The molecule has 0 aromatic carbocycles. The summed E-state index contributed by atoms with van der Waals surface area (Å²) in [4.78, 5) is 0. The van der Waals surface area contributed by atoms with Gasteiger partial charge in [-0.25, -0.2) is 0 Å². The Balaban J connectivity index is 2.32. The summed E-state index contributed by atoms with van der Waals surface area (Å²) in [5.41, 5.74) is 0.618. The molecule has 0 bridgehead atoms. The molecular formula is C9H19N. The summed E-state index contributed by atoms with van der Waals surface area (Å²) < 4.78 is 0. The summed E-state index contributed by atoms with van der Waals surface area (Å²) in [6.07, 6.45) is 7.19. The first kappa shape index (κ1) is 8.06. The molecule has 0 heterocycles. The molecule has 0 amide bonds. The van der Waals surface area contributed by atoms with Crippen molar-refractivity contribution >= 4 is 0 Å². The van der Waals surface area contributed by atoms with Gasteiger partial charge >= 0.3 is 0 Å². The first-order valence-corrected chi connectivity index (χ1v) is 4.41. The minimum absolute atomic E-state index is 0.618. The zero-order chi connectivity index (χ0) is 7.45. The second-order valence-electron chi connectivity index (χ2n) is 3.90. The molecule has 1 saturated carbocycles. The molecule has 0 aliphatic heterocycles. The van der Waals surface area contributed by atoms with Gasteiger partial charge in [0.2, 0.25) is 0 Å². The molecule has 0 unspecified atom stereocenters. The van der Waals surface area contributed by atoms with Crippen molar-refractivity contribution < 1.29 is 0 Å². The fourth-order valence-corrected chi connectivity index (χ4v) is 2.01. The molecule has 0 aromatic heterocycles. The lowest BCUT2D eigenvalue weighted by Crippen LogP contribution is -2.31. The summed E-state index contributed by atoms with van der Waals surface area (Å²) in [5.74, 6) is 0. The van der Waals surface area contributed by atoms with E-state index in [2.05, 4.69) is 19.3 Å². The van der Waals surface area contributed by atoms with Crippen LogP contribution in [0.25, 0.3) is 0 Å². The van der Waals surface area contributed by atoms with Crippen LogP contribution >= 0.6 is 0 Å². The predicted molar refractivity (Wildman–Crippen MR) is 45.1 cm³/mol. The van der Waals surface area contributed by atoms with Crippen LogP contribution in [0.5, 0.6) is 0 Å². The largest absolute Gasteiger partial charge is 0.319 e. The molecule has 1 aliphatic rings. The molecule has 1 heteroatoms. The van der Waals surface area contributed by atoms with Crippen molar-refractivity contribution in [3.63, 3.8) is 0 Å². The van der Waals surface area contributed by atoms with E-state index in [1.807, 2.05) is 0 Å². The molecule has 1 nitrogen and oxygen atoms in total. The Bertz CT molecular complexity index is 87.4. The maximum Gasteiger partial charge on any atom is 0.000216 e. The zero-order valence-electron chi connectivity index (χ0n) is 7.24. The highest BCUT2D eigenvalue weighted by molar-refractivity contribution is 4.79. The van der Waals surface area contributed by atoms with E-state index < -0.39 is 0 Å². The van der Waals surface area contributed by atoms with Gasteiger partial charge in [-0.1, -0.05) is 26.2 Å². The van der Waals surface area contributed by atoms with Crippen molar-refractivity contribution in [2.45, 2.75) is 39.0 Å². The molecule has 0 aromatic rings. The van der Waals surface area contributed by atoms with Crippen molar-refractivity contribution in [3.05, 3.63) is 0 Å². The SMILES string of the molecule is CNCC1(C)CCCCC1. The van der Waals surface area contributed by atoms with Gasteiger partial charge in [0, 0.05) is 6.54 Å². The molecule has 1 rings (SSSR count). The lowest BCUT2D eigenvalue weighted by atomic mass is 9.76. The van der Waals surface area contributed by atoms with Gasteiger partial charge in [0.25, 0.3) is 0 Å². The maximum atomic E-state index is 3.28. The highest BCUT2D eigenvalue weighted by atomic mass is 14.8. The summed E-state index contributed by atoms with van der Waals surface area (Å²) in [5, 5.41) is 3.28. The van der Waals surface area contributed by atoms with Gasteiger partial charge in [0.15, 0.2) is 0 Å². The highest BCUT2D eigenvalue weighted by Gasteiger charge is 2.25. The van der Waals surface area contributed by atoms with Crippen LogP contribution in [-0.4, -0.2) is 13.6 Å². The molecule has 0 atom stereocenters. The Morgan fingerprint density at radius 3 is 2.30 bits per heavy atom. The van der Waals surface area contributed by atoms with Gasteiger partial charge in [0.1, 0.15) is 0 Å². The van der Waals surface area contributed by atoms with E-state index in [-0.39, 0.29) is 0 Å². The van der Waals surface area contributed by atoms with Crippen molar-refractivity contribution in [1.82, 2.24) is 5.32 Å². The van der Waals surface area contributed by atoms with E-state index in [9.17, 15) is 0 Å². The van der Waals surface area contributed by atoms with Gasteiger partial charge in [-0.3, -0.25) is 0 Å². The summed E-state index contributed by atoms with van der Waals surface area (Å²) in [6, 6.07) is 0. The van der Waals surface area contributed by atoms with Gasteiger partial charge in [-0.15, -0.1) is 0 Å². The lowest BCUT2D eigenvalue weighted by molar-refractivity contribution is 0.213. The molecule has 0 saturated heterocycles. The maximum absolute atomic E-state index is 3.28. The Labute approximate surface area is 64.2 Å².